The van der Waals surface area contributed by atoms with Crippen LogP contribution in [0, 0.1) is 0 Å². The van der Waals surface area contributed by atoms with Crippen LogP contribution in [0.3, 0.4) is 0 Å². The number of hydrogen-bond donors (Lipinski definition) is 2. The Hall–Kier alpha value is -3.09. The number of rotatable bonds is 3. The summed E-state index contributed by atoms with van der Waals surface area (Å²) >= 11 is 0. The molecular weight excluding hydrogens is 270 g/mol. The summed E-state index contributed by atoms with van der Waals surface area (Å²) in [6.07, 6.45) is 0. The molecule has 0 aliphatic carbocycles. The molecule has 0 radical (unpaired) electrons. The number of aromatic nitrogens is 3. The van der Waals surface area contributed by atoms with E-state index in [1.807, 2.05) is 18.2 Å². The highest BCUT2D eigenvalue weighted by atomic mass is 16.5. The molecule has 7 nitrogen and oxygen atoms in total. The SMILES string of the molecule is COc1cccc2nnc(NC(=O)Nc3ccccc3)n12. The van der Waals surface area contributed by atoms with Crippen molar-refractivity contribution in [3.8, 4) is 5.88 Å². The molecule has 7 heteroatoms. The first-order valence-electron chi connectivity index (χ1n) is 6.29. The van der Waals surface area contributed by atoms with Gasteiger partial charge in [0.1, 0.15) is 0 Å². The molecule has 0 unspecified atom stereocenters. The molecule has 2 heterocycles. The minimum Gasteiger partial charge on any atom is -0.482 e. The smallest absolute Gasteiger partial charge is 0.326 e. The fourth-order valence-electron chi connectivity index (χ4n) is 1.94. The van der Waals surface area contributed by atoms with E-state index in [9.17, 15) is 4.79 Å². The van der Waals surface area contributed by atoms with Crippen molar-refractivity contribution in [1.82, 2.24) is 14.6 Å². The lowest BCUT2D eigenvalue weighted by molar-refractivity contribution is 0.262. The van der Waals surface area contributed by atoms with E-state index in [4.69, 9.17) is 4.74 Å². The van der Waals surface area contributed by atoms with E-state index in [1.165, 1.54) is 0 Å². The fourth-order valence-corrected chi connectivity index (χ4v) is 1.94. The third-order valence-electron chi connectivity index (χ3n) is 2.86. The largest absolute Gasteiger partial charge is 0.482 e. The van der Waals surface area contributed by atoms with Gasteiger partial charge in [0, 0.05) is 5.69 Å². The quantitative estimate of drug-likeness (QED) is 0.773. The van der Waals surface area contributed by atoms with Crippen LogP contribution in [-0.2, 0) is 0 Å². The van der Waals surface area contributed by atoms with Gasteiger partial charge in [-0.05, 0) is 24.3 Å². The monoisotopic (exact) mass is 283 g/mol. The number of hydrogen-bond acceptors (Lipinski definition) is 4. The molecule has 2 N–H and O–H groups in total. The number of carbonyl (C=O) groups excluding carboxylic acids is 1. The summed E-state index contributed by atoms with van der Waals surface area (Å²) in [5.74, 6) is 0.823. The Morgan fingerprint density at radius 2 is 1.86 bits per heavy atom. The van der Waals surface area contributed by atoms with Gasteiger partial charge in [0.15, 0.2) is 5.65 Å². The van der Waals surface area contributed by atoms with Gasteiger partial charge in [-0.2, -0.15) is 0 Å². The van der Waals surface area contributed by atoms with Crippen molar-refractivity contribution < 1.29 is 9.53 Å². The summed E-state index contributed by atoms with van der Waals surface area (Å²) in [5, 5.41) is 13.3. The maximum absolute atomic E-state index is 12.0. The number of para-hydroxylation sites is 1. The molecule has 0 saturated heterocycles. The van der Waals surface area contributed by atoms with Crippen molar-refractivity contribution >= 4 is 23.3 Å². The fraction of sp³-hybridized carbons (Fsp3) is 0.0714. The number of benzene rings is 1. The van der Waals surface area contributed by atoms with Gasteiger partial charge in [-0.15, -0.1) is 10.2 Å². The Balaban J connectivity index is 1.83. The van der Waals surface area contributed by atoms with Crippen molar-refractivity contribution in [3.05, 3.63) is 48.5 Å². The average Bonchev–Trinajstić information content (AvgIpc) is 2.91. The van der Waals surface area contributed by atoms with Crippen LogP contribution in [-0.4, -0.2) is 27.7 Å². The zero-order valence-corrected chi connectivity index (χ0v) is 11.3. The first kappa shape index (κ1) is 12.9. The van der Waals surface area contributed by atoms with E-state index < -0.39 is 6.03 Å². The first-order chi connectivity index (χ1) is 10.3. The van der Waals surface area contributed by atoms with Gasteiger partial charge < -0.3 is 10.1 Å². The molecule has 2 amide bonds. The Bertz CT molecular complexity index is 769. The maximum atomic E-state index is 12.0. The molecule has 1 aromatic carbocycles. The molecule has 21 heavy (non-hydrogen) atoms. The number of ether oxygens (including phenoxy) is 1. The minimum atomic E-state index is -0.401. The molecular formula is C14H13N5O2. The highest BCUT2D eigenvalue weighted by Crippen LogP contribution is 2.18. The van der Waals surface area contributed by atoms with E-state index in [1.54, 1.807) is 41.8 Å². The summed E-state index contributed by atoms with van der Waals surface area (Å²) in [7, 11) is 1.54. The summed E-state index contributed by atoms with van der Waals surface area (Å²) < 4.78 is 6.85. The number of urea groups is 1. The predicted octanol–water partition coefficient (Wildman–Crippen LogP) is 2.38. The van der Waals surface area contributed by atoms with Crippen molar-refractivity contribution in [3.63, 3.8) is 0 Å². The van der Waals surface area contributed by atoms with E-state index in [-0.39, 0.29) is 5.95 Å². The van der Waals surface area contributed by atoms with Crippen LogP contribution in [0.1, 0.15) is 0 Å². The summed E-state index contributed by atoms with van der Waals surface area (Å²) in [5.41, 5.74) is 1.28. The second-order valence-corrected chi connectivity index (χ2v) is 4.23. The van der Waals surface area contributed by atoms with Crippen molar-refractivity contribution in [2.45, 2.75) is 0 Å². The summed E-state index contributed by atoms with van der Waals surface area (Å²) in [4.78, 5) is 12.0. The van der Waals surface area contributed by atoms with Gasteiger partial charge in [0.05, 0.1) is 7.11 Å². The van der Waals surface area contributed by atoms with E-state index in [2.05, 4.69) is 20.8 Å². The van der Waals surface area contributed by atoms with Crippen molar-refractivity contribution in [2.75, 3.05) is 17.7 Å². The lowest BCUT2D eigenvalue weighted by atomic mass is 10.3. The number of fused-ring (bicyclic) bond motifs is 1. The molecule has 0 atom stereocenters. The van der Waals surface area contributed by atoms with Crippen LogP contribution in [0.5, 0.6) is 5.88 Å². The number of nitrogens with one attached hydrogen (secondary N) is 2. The van der Waals surface area contributed by atoms with Crippen molar-refractivity contribution in [2.24, 2.45) is 0 Å². The molecule has 2 aromatic heterocycles. The van der Waals surface area contributed by atoms with Gasteiger partial charge in [0.25, 0.3) is 0 Å². The number of amides is 2. The molecule has 3 aromatic rings. The van der Waals surface area contributed by atoms with Crippen LogP contribution < -0.4 is 15.4 Å². The van der Waals surface area contributed by atoms with E-state index in [0.29, 0.717) is 17.2 Å². The van der Waals surface area contributed by atoms with Crippen LogP contribution in [0.2, 0.25) is 0 Å². The summed E-state index contributed by atoms with van der Waals surface area (Å²) in [6.45, 7) is 0. The molecule has 3 rings (SSSR count). The average molecular weight is 283 g/mol. The topological polar surface area (TPSA) is 80.6 Å². The Kier molecular flexibility index (Phi) is 3.38. The number of nitrogens with zero attached hydrogens (tertiary/aromatic N) is 3. The lowest BCUT2D eigenvalue weighted by Crippen LogP contribution is -2.21. The molecule has 0 bridgehead atoms. The molecule has 0 spiro atoms. The summed E-state index contributed by atoms with van der Waals surface area (Å²) in [6, 6.07) is 14.1. The Morgan fingerprint density at radius 1 is 1.05 bits per heavy atom. The third kappa shape index (κ3) is 2.62. The van der Waals surface area contributed by atoms with E-state index in [0.717, 1.165) is 0 Å². The van der Waals surface area contributed by atoms with Crippen LogP contribution >= 0.6 is 0 Å². The highest BCUT2D eigenvalue weighted by Gasteiger charge is 2.12. The van der Waals surface area contributed by atoms with Gasteiger partial charge in [-0.3, -0.25) is 5.32 Å². The number of pyridine rings is 1. The standard InChI is InChI=1S/C14H13N5O2/c1-21-12-9-5-8-11-17-18-13(19(11)12)16-14(20)15-10-6-3-2-4-7-10/h2-9H,1H3,(H2,15,16,18,20). The number of methoxy groups -OCH3 is 1. The van der Waals surface area contributed by atoms with Crippen LogP contribution in [0.15, 0.2) is 48.5 Å². The minimum absolute atomic E-state index is 0.288. The van der Waals surface area contributed by atoms with E-state index >= 15 is 0 Å². The zero-order chi connectivity index (χ0) is 14.7. The van der Waals surface area contributed by atoms with Crippen LogP contribution in [0.25, 0.3) is 5.65 Å². The number of anilines is 2. The second-order valence-electron chi connectivity index (χ2n) is 4.23. The second kappa shape index (κ2) is 5.49. The van der Waals surface area contributed by atoms with Gasteiger partial charge in [-0.25, -0.2) is 9.20 Å². The van der Waals surface area contributed by atoms with Gasteiger partial charge >= 0.3 is 6.03 Å². The van der Waals surface area contributed by atoms with Crippen LogP contribution in [0.4, 0.5) is 16.4 Å². The zero-order valence-electron chi connectivity index (χ0n) is 11.3. The molecule has 0 aliphatic heterocycles. The Morgan fingerprint density at radius 3 is 2.62 bits per heavy atom. The van der Waals surface area contributed by atoms with Crippen molar-refractivity contribution in [1.29, 1.82) is 0 Å². The highest BCUT2D eigenvalue weighted by molar-refractivity contribution is 5.98. The van der Waals surface area contributed by atoms with Gasteiger partial charge in [0.2, 0.25) is 11.8 Å². The lowest BCUT2D eigenvalue weighted by Gasteiger charge is -2.08. The maximum Gasteiger partial charge on any atom is 0.326 e. The normalized spacial score (nSPS) is 10.3. The van der Waals surface area contributed by atoms with Gasteiger partial charge in [-0.1, -0.05) is 24.3 Å². The third-order valence-corrected chi connectivity index (χ3v) is 2.86. The number of carbonyl (C=O) groups is 1. The Labute approximate surface area is 120 Å². The first-order valence-corrected chi connectivity index (χ1v) is 6.29. The molecule has 0 fully saturated rings. The molecule has 0 aliphatic rings. The molecule has 0 saturated carbocycles. The molecule has 106 valence electrons. The predicted molar refractivity (Wildman–Crippen MR) is 78.6 cm³/mol.